The van der Waals surface area contributed by atoms with Crippen molar-refractivity contribution in [2.75, 3.05) is 7.11 Å². The number of rotatable bonds is 4. The number of hydrogen-bond acceptors (Lipinski definition) is 5. The molecule has 26 heavy (non-hydrogen) atoms. The molecule has 1 aliphatic heterocycles. The summed E-state index contributed by atoms with van der Waals surface area (Å²) in [6.07, 6.45) is -0.835. The summed E-state index contributed by atoms with van der Waals surface area (Å²) in [6.45, 7) is 3.55. The molecule has 2 unspecified atom stereocenters. The fourth-order valence-corrected chi connectivity index (χ4v) is 5.65. The van der Waals surface area contributed by atoms with Crippen molar-refractivity contribution in [3.8, 4) is 11.5 Å². The number of fused-ring (bicyclic) bond motifs is 1. The van der Waals surface area contributed by atoms with E-state index >= 15 is 0 Å². The second kappa shape index (κ2) is 6.90. The van der Waals surface area contributed by atoms with Crippen LogP contribution in [0, 0.1) is 0 Å². The highest BCUT2D eigenvalue weighted by Gasteiger charge is 2.45. The fourth-order valence-electron chi connectivity index (χ4n) is 3.58. The molecule has 140 valence electrons. The molecular formula is C19H23NO5S. The van der Waals surface area contributed by atoms with Gasteiger partial charge in [-0.2, -0.15) is 4.31 Å². The summed E-state index contributed by atoms with van der Waals surface area (Å²) in [7, 11) is -2.30. The largest absolute Gasteiger partial charge is 0.504 e. The molecule has 0 amide bonds. The lowest BCUT2D eigenvalue weighted by Crippen LogP contribution is -2.52. The van der Waals surface area contributed by atoms with Gasteiger partial charge < -0.3 is 14.9 Å². The molecule has 0 saturated carbocycles. The number of sulfonamides is 1. The number of nitrogens with zero attached hydrogens (tertiary/aromatic N) is 1. The van der Waals surface area contributed by atoms with E-state index in [1.807, 2.05) is 0 Å². The number of hydrogen-bond donors (Lipinski definition) is 2. The first-order chi connectivity index (χ1) is 12.3. The number of para-hydroxylation sites is 1. The molecule has 0 aliphatic carbocycles. The fraction of sp³-hybridized carbons (Fsp3) is 0.368. The average Bonchev–Trinajstić information content (AvgIpc) is 2.60. The van der Waals surface area contributed by atoms with E-state index in [9.17, 15) is 18.6 Å². The van der Waals surface area contributed by atoms with Gasteiger partial charge in [0.05, 0.1) is 24.2 Å². The summed E-state index contributed by atoms with van der Waals surface area (Å²) in [4.78, 5) is 0.132. The maximum Gasteiger partial charge on any atom is 0.244 e. The standard InChI is InChI=1S/C19H23NO5S/c1-12(2)20-15(11-13-7-6-9-16(25-3)18(13)21)19(22)14-8-4-5-10-17(14)26(20,23)24/h4-10,12,15,19,21-22H,11H2,1-3H3. The number of aromatic hydroxyl groups is 1. The van der Waals surface area contributed by atoms with E-state index in [1.54, 1.807) is 50.2 Å². The highest BCUT2D eigenvalue weighted by molar-refractivity contribution is 7.89. The molecule has 0 aromatic heterocycles. The Hall–Kier alpha value is -2.09. The van der Waals surface area contributed by atoms with Crippen molar-refractivity contribution in [1.29, 1.82) is 0 Å². The minimum Gasteiger partial charge on any atom is -0.504 e. The first kappa shape index (κ1) is 18.7. The van der Waals surface area contributed by atoms with Gasteiger partial charge in [0.1, 0.15) is 0 Å². The summed E-state index contributed by atoms with van der Waals surface area (Å²) < 4.78 is 32.7. The van der Waals surface area contributed by atoms with Crippen molar-refractivity contribution in [1.82, 2.24) is 4.31 Å². The third-order valence-electron chi connectivity index (χ3n) is 4.72. The zero-order chi connectivity index (χ0) is 19.1. The number of aliphatic hydroxyl groups is 1. The van der Waals surface area contributed by atoms with Crippen LogP contribution in [-0.2, 0) is 16.4 Å². The van der Waals surface area contributed by atoms with Gasteiger partial charge >= 0.3 is 0 Å². The Bertz CT molecular complexity index is 910. The van der Waals surface area contributed by atoms with Crippen molar-refractivity contribution in [3.05, 3.63) is 53.6 Å². The molecule has 3 rings (SSSR count). The Labute approximate surface area is 153 Å². The summed E-state index contributed by atoms with van der Waals surface area (Å²) in [6, 6.07) is 10.5. The highest BCUT2D eigenvalue weighted by Crippen LogP contribution is 2.41. The molecule has 0 radical (unpaired) electrons. The smallest absolute Gasteiger partial charge is 0.244 e. The summed E-state index contributed by atoms with van der Waals surface area (Å²) in [5.74, 6) is 0.273. The van der Waals surface area contributed by atoms with E-state index in [0.717, 1.165) is 0 Å². The number of ether oxygens (including phenoxy) is 1. The minimum absolute atomic E-state index is 0.0397. The van der Waals surface area contributed by atoms with Crippen molar-refractivity contribution in [2.45, 2.75) is 43.4 Å². The number of aliphatic hydroxyl groups excluding tert-OH is 1. The Morgan fingerprint density at radius 1 is 1.15 bits per heavy atom. The van der Waals surface area contributed by atoms with Crippen molar-refractivity contribution in [3.63, 3.8) is 0 Å². The monoisotopic (exact) mass is 377 g/mol. The van der Waals surface area contributed by atoms with E-state index in [4.69, 9.17) is 4.74 Å². The van der Waals surface area contributed by atoms with Crippen LogP contribution in [0.3, 0.4) is 0 Å². The second-order valence-corrected chi connectivity index (χ2v) is 8.46. The quantitative estimate of drug-likeness (QED) is 0.855. The van der Waals surface area contributed by atoms with Crippen LogP contribution in [0.5, 0.6) is 11.5 Å². The van der Waals surface area contributed by atoms with Crippen LogP contribution >= 0.6 is 0 Å². The molecule has 7 heteroatoms. The van der Waals surface area contributed by atoms with Gasteiger partial charge in [0.25, 0.3) is 0 Å². The van der Waals surface area contributed by atoms with E-state index < -0.39 is 22.2 Å². The van der Waals surface area contributed by atoms with Crippen molar-refractivity contribution in [2.24, 2.45) is 0 Å². The lowest BCUT2D eigenvalue weighted by atomic mass is 9.94. The van der Waals surface area contributed by atoms with Gasteiger partial charge in [0.15, 0.2) is 11.5 Å². The topological polar surface area (TPSA) is 87.1 Å². The molecule has 0 spiro atoms. The van der Waals surface area contributed by atoms with Crippen molar-refractivity contribution >= 4 is 10.0 Å². The first-order valence-electron chi connectivity index (χ1n) is 8.44. The van der Waals surface area contributed by atoms with Gasteiger partial charge in [-0.3, -0.25) is 0 Å². The van der Waals surface area contributed by atoms with Gasteiger partial charge in [0.2, 0.25) is 10.0 Å². The van der Waals surface area contributed by atoms with Crippen LogP contribution in [0.25, 0.3) is 0 Å². The molecule has 0 saturated heterocycles. The van der Waals surface area contributed by atoms with Gasteiger partial charge in [-0.1, -0.05) is 30.3 Å². The molecule has 6 nitrogen and oxygen atoms in total. The Morgan fingerprint density at radius 2 is 1.85 bits per heavy atom. The number of methoxy groups -OCH3 is 1. The van der Waals surface area contributed by atoms with Gasteiger partial charge in [-0.05, 0) is 38.0 Å². The Kier molecular flexibility index (Phi) is 4.96. The van der Waals surface area contributed by atoms with Crippen LogP contribution in [0.2, 0.25) is 0 Å². The van der Waals surface area contributed by atoms with Crippen LogP contribution in [0.4, 0.5) is 0 Å². The first-order valence-corrected chi connectivity index (χ1v) is 9.88. The average molecular weight is 377 g/mol. The number of phenolic OH excluding ortho intramolecular Hbond substituents is 1. The van der Waals surface area contributed by atoms with Gasteiger partial charge in [-0.15, -0.1) is 0 Å². The normalized spacial score (nSPS) is 22.2. The maximum atomic E-state index is 13.1. The Balaban J connectivity index is 2.11. The predicted molar refractivity (Wildman–Crippen MR) is 97.7 cm³/mol. The van der Waals surface area contributed by atoms with Crippen LogP contribution in [-0.4, -0.2) is 42.1 Å². The molecule has 0 fully saturated rings. The molecule has 2 N–H and O–H groups in total. The van der Waals surface area contributed by atoms with Crippen molar-refractivity contribution < 1.29 is 23.4 Å². The number of benzene rings is 2. The molecule has 1 heterocycles. The van der Waals surface area contributed by atoms with Crippen LogP contribution in [0.1, 0.15) is 31.1 Å². The molecule has 1 aliphatic rings. The van der Waals surface area contributed by atoms with Gasteiger partial charge in [0, 0.05) is 11.6 Å². The molecule has 0 bridgehead atoms. The van der Waals surface area contributed by atoms with E-state index in [-0.39, 0.29) is 23.1 Å². The maximum absolute atomic E-state index is 13.1. The van der Waals surface area contributed by atoms with Crippen LogP contribution in [0.15, 0.2) is 47.4 Å². The van der Waals surface area contributed by atoms with E-state index in [0.29, 0.717) is 16.9 Å². The molecular weight excluding hydrogens is 354 g/mol. The molecule has 2 aromatic carbocycles. The summed E-state index contributed by atoms with van der Waals surface area (Å²) in [5.41, 5.74) is 0.908. The second-order valence-electron chi connectivity index (χ2n) is 6.65. The van der Waals surface area contributed by atoms with Gasteiger partial charge in [-0.25, -0.2) is 8.42 Å². The third kappa shape index (κ3) is 2.96. The molecule has 2 atom stereocenters. The minimum atomic E-state index is -3.75. The Morgan fingerprint density at radius 3 is 2.50 bits per heavy atom. The summed E-state index contributed by atoms with van der Waals surface area (Å²) in [5, 5.41) is 21.3. The SMILES string of the molecule is COc1cccc(CC2C(O)c3ccccc3S(=O)(=O)N2C(C)C)c1O. The highest BCUT2D eigenvalue weighted by atomic mass is 32.2. The zero-order valence-electron chi connectivity index (χ0n) is 15.0. The summed E-state index contributed by atoms with van der Waals surface area (Å²) >= 11 is 0. The third-order valence-corrected chi connectivity index (χ3v) is 6.90. The predicted octanol–water partition coefficient (Wildman–Crippen LogP) is 2.46. The molecule has 2 aromatic rings. The van der Waals surface area contributed by atoms with E-state index in [2.05, 4.69) is 0 Å². The number of phenols is 1. The lowest BCUT2D eigenvalue weighted by molar-refractivity contribution is 0.0681. The zero-order valence-corrected chi connectivity index (χ0v) is 15.8. The van der Waals surface area contributed by atoms with Crippen LogP contribution < -0.4 is 4.74 Å². The van der Waals surface area contributed by atoms with E-state index in [1.165, 1.54) is 17.5 Å². The lowest BCUT2D eigenvalue weighted by Gasteiger charge is -2.41.